The lowest BCUT2D eigenvalue weighted by molar-refractivity contribution is 0.379. The van der Waals surface area contributed by atoms with Gasteiger partial charge in [-0.25, -0.2) is 0 Å². The number of aromatic nitrogens is 2. The van der Waals surface area contributed by atoms with Crippen LogP contribution in [0.1, 0.15) is 26.2 Å². The van der Waals surface area contributed by atoms with Gasteiger partial charge < -0.3 is 14.7 Å². The fraction of sp³-hybridized carbons (Fsp3) is 0.526. The molecule has 0 radical (unpaired) electrons. The maximum absolute atomic E-state index is 6.03. The topological polar surface area (TPSA) is 66.5 Å². The molecule has 27 heavy (non-hydrogen) atoms. The minimum absolute atomic E-state index is 0.558. The zero-order chi connectivity index (χ0) is 19.1. The Kier molecular flexibility index (Phi) is 7.41. The molecule has 0 bridgehead atoms. The summed E-state index contributed by atoms with van der Waals surface area (Å²) in [5, 5.41) is 8.79. The summed E-state index contributed by atoms with van der Waals surface area (Å²) in [5.74, 6) is 3.27. The van der Waals surface area contributed by atoms with Crippen LogP contribution in [0.3, 0.4) is 0 Å². The van der Waals surface area contributed by atoms with Gasteiger partial charge in [0.15, 0.2) is 5.96 Å². The SMILES string of the molecule is CCNC(=NCCc1nc(-c2cccc(Cl)c2)no1)N1CCSC(CC)C1. The van der Waals surface area contributed by atoms with Crippen molar-refractivity contribution in [3.63, 3.8) is 0 Å². The van der Waals surface area contributed by atoms with Crippen LogP contribution in [0, 0.1) is 0 Å². The zero-order valence-corrected chi connectivity index (χ0v) is 17.4. The molecule has 2 heterocycles. The summed E-state index contributed by atoms with van der Waals surface area (Å²) in [6.45, 7) is 7.90. The van der Waals surface area contributed by atoms with Crippen LogP contribution < -0.4 is 5.32 Å². The molecule has 1 fully saturated rings. The molecule has 1 N–H and O–H groups in total. The van der Waals surface area contributed by atoms with E-state index in [1.54, 1.807) is 0 Å². The highest BCUT2D eigenvalue weighted by molar-refractivity contribution is 8.00. The average Bonchev–Trinajstić information content (AvgIpc) is 3.16. The number of nitrogens with zero attached hydrogens (tertiary/aromatic N) is 4. The van der Waals surface area contributed by atoms with Gasteiger partial charge in [-0.3, -0.25) is 4.99 Å². The van der Waals surface area contributed by atoms with E-state index in [9.17, 15) is 0 Å². The second-order valence-corrected chi connectivity index (χ2v) is 8.20. The Morgan fingerprint density at radius 3 is 3.11 bits per heavy atom. The van der Waals surface area contributed by atoms with E-state index >= 15 is 0 Å². The van der Waals surface area contributed by atoms with E-state index in [-0.39, 0.29) is 0 Å². The average molecular weight is 408 g/mol. The van der Waals surface area contributed by atoms with E-state index in [4.69, 9.17) is 21.1 Å². The van der Waals surface area contributed by atoms with Gasteiger partial charge in [0.05, 0.1) is 6.54 Å². The van der Waals surface area contributed by atoms with Crippen molar-refractivity contribution < 1.29 is 4.52 Å². The third kappa shape index (κ3) is 5.62. The monoisotopic (exact) mass is 407 g/mol. The van der Waals surface area contributed by atoms with Crippen molar-refractivity contribution in [3.8, 4) is 11.4 Å². The highest BCUT2D eigenvalue weighted by Crippen LogP contribution is 2.21. The molecule has 0 amide bonds. The summed E-state index contributed by atoms with van der Waals surface area (Å²) in [4.78, 5) is 11.6. The first-order valence-corrected chi connectivity index (χ1v) is 10.9. The number of benzene rings is 1. The summed E-state index contributed by atoms with van der Waals surface area (Å²) in [5.41, 5.74) is 0.853. The highest BCUT2D eigenvalue weighted by atomic mass is 35.5. The molecule has 0 aliphatic carbocycles. The number of halogens is 1. The number of guanidine groups is 1. The van der Waals surface area contributed by atoms with Crippen LogP contribution >= 0.6 is 23.4 Å². The molecule has 0 spiro atoms. The zero-order valence-electron chi connectivity index (χ0n) is 15.8. The largest absolute Gasteiger partial charge is 0.357 e. The Hall–Kier alpha value is -1.73. The van der Waals surface area contributed by atoms with Crippen molar-refractivity contribution in [2.24, 2.45) is 4.99 Å². The molecule has 6 nitrogen and oxygen atoms in total. The molecular formula is C19H26ClN5OS. The first kappa shape index (κ1) is 20.0. The molecule has 1 aromatic heterocycles. The maximum atomic E-state index is 6.03. The Morgan fingerprint density at radius 1 is 1.44 bits per heavy atom. The summed E-state index contributed by atoms with van der Waals surface area (Å²) in [6, 6.07) is 7.45. The highest BCUT2D eigenvalue weighted by Gasteiger charge is 2.21. The van der Waals surface area contributed by atoms with Gasteiger partial charge in [-0.2, -0.15) is 16.7 Å². The number of aliphatic imine (C=N–C) groups is 1. The Morgan fingerprint density at radius 2 is 2.33 bits per heavy atom. The third-order valence-electron chi connectivity index (χ3n) is 4.37. The van der Waals surface area contributed by atoms with Crippen LogP contribution in [-0.4, -0.2) is 58.2 Å². The van der Waals surface area contributed by atoms with E-state index in [1.165, 1.54) is 6.42 Å². The van der Waals surface area contributed by atoms with Crippen LogP contribution in [0.4, 0.5) is 0 Å². The lowest BCUT2D eigenvalue weighted by atomic mass is 10.2. The molecule has 1 aromatic carbocycles. The molecular weight excluding hydrogens is 382 g/mol. The summed E-state index contributed by atoms with van der Waals surface area (Å²) < 4.78 is 5.37. The predicted molar refractivity (Wildman–Crippen MR) is 113 cm³/mol. The van der Waals surface area contributed by atoms with Crippen LogP contribution in [0.25, 0.3) is 11.4 Å². The molecule has 1 aliphatic rings. The van der Waals surface area contributed by atoms with Gasteiger partial charge >= 0.3 is 0 Å². The standard InChI is InChI=1S/C19H26ClN5OS/c1-3-16-13-25(10-11-27-16)19(21-4-2)22-9-8-17-23-18(24-26-17)14-6-5-7-15(20)12-14/h5-7,12,16H,3-4,8-11,13H2,1-2H3,(H,21,22). The molecule has 2 aromatic rings. The van der Waals surface area contributed by atoms with Gasteiger partial charge in [-0.05, 0) is 25.5 Å². The quantitative estimate of drug-likeness (QED) is 0.581. The lowest BCUT2D eigenvalue weighted by Crippen LogP contribution is -2.48. The number of rotatable bonds is 6. The lowest BCUT2D eigenvalue weighted by Gasteiger charge is -2.34. The first-order chi connectivity index (χ1) is 13.2. The molecule has 8 heteroatoms. The van der Waals surface area contributed by atoms with Gasteiger partial charge in [0.25, 0.3) is 0 Å². The number of hydrogen-bond donors (Lipinski definition) is 1. The third-order valence-corrected chi connectivity index (χ3v) is 5.97. The van der Waals surface area contributed by atoms with Crippen LogP contribution in [-0.2, 0) is 6.42 Å². The van der Waals surface area contributed by atoms with Gasteiger partial charge in [0.2, 0.25) is 11.7 Å². The molecule has 1 aliphatic heterocycles. The minimum Gasteiger partial charge on any atom is -0.357 e. The van der Waals surface area contributed by atoms with Crippen LogP contribution in [0.15, 0.2) is 33.8 Å². The number of thioether (sulfide) groups is 1. The Bertz CT molecular complexity index is 766. The fourth-order valence-corrected chi connectivity index (χ4v) is 4.31. The summed E-state index contributed by atoms with van der Waals surface area (Å²) in [7, 11) is 0. The molecule has 1 atom stereocenters. The molecule has 146 valence electrons. The second kappa shape index (κ2) is 9.99. The summed E-state index contributed by atoms with van der Waals surface area (Å²) >= 11 is 8.08. The van der Waals surface area contributed by atoms with Crippen molar-refractivity contribution in [2.75, 3.05) is 31.9 Å². The van der Waals surface area contributed by atoms with Gasteiger partial charge in [-0.1, -0.05) is 35.8 Å². The van der Waals surface area contributed by atoms with Crippen LogP contribution in [0.5, 0.6) is 0 Å². The van der Waals surface area contributed by atoms with Gasteiger partial charge in [0.1, 0.15) is 0 Å². The summed E-state index contributed by atoms with van der Waals surface area (Å²) in [6.07, 6.45) is 1.80. The maximum Gasteiger partial charge on any atom is 0.228 e. The van der Waals surface area contributed by atoms with E-state index in [0.717, 1.165) is 36.9 Å². The van der Waals surface area contributed by atoms with Crippen molar-refractivity contribution in [1.29, 1.82) is 0 Å². The molecule has 1 unspecified atom stereocenters. The van der Waals surface area contributed by atoms with E-state index < -0.39 is 0 Å². The first-order valence-electron chi connectivity index (χ1n) is 9.43. The molecule has 3 rings (SSSR count). The minimum atomic E-state index is 0.558. The number of hydrogen-bond acceptors (Lipinski definition) is 5. The smallest absolute Gasteiger partial charge is 0.228 e. The van der Waals surface area contributed by atoms with Crippen LogP contribution in [0.2, 0.25) is 5.02 Å². The molecule has 0 saturated carbocycles. The van der Waals surface area contributed by atoms with Crippen molar-refractivity contribution in [2.45, 2.75) is 31.9 Å². The Labute approximate surface area is 169 Å². The van der Waals surface area contributed by atoms with Gasteiger partial charge in [0, 0.05) is 47.6 Å². The Balaban J connectivity index is 1.61. The van der Waals surface area contributed by atoms with Gasteiger partial charge in [-0.15, -0.1) is 0 Å². The van der Waals surface area contributed by atoms with E-state index in [2.05, 4.69) is 46.0 Å². The normalized spacial score (nSPS) is 18.0. The van der Waals surface area contributed by atoms with Crippen molar-refractivity contribution in [1.82, 2.24) is 20.4 Å². The molecule has 1 saturated heterocycles. The van der Waals surface area contributed by atoms with Crippen molar-refractivity contribution in [3.05, 3.63) is 35.2 Å². The van der Waals surface area contributed by atoms with E-state index in [1.807, 2.05) is 24.3 Å². The predicted octanol–water partition coefficient (Wildman–Crippen LogP) is 3.73. The van der Waals surface area contributed by atoms with Crippen molar-refractivity contribution >= 4 is 29.3 Å². The number of nitrogens with one attached hydrogen (secondary N) is 1. The fourth-order valence-electron chi connectivity index (χ4n) is 2.94. The van der Waals surface area contributed by atoms with E-state index in [0.29, 0.717) is 35.0 Å². The second-order valence-electron chi connectivity index (χ2n) is 6.35.